The molecule has 0 spiro atoms. The summed E-state index contributed by atoms with van der Waals surface area (Å²) in [5.41, 5.74) is 1.03. The van der Waals surface area contributed by atoms with Gasteiger partial charge in [0, 0.05) is 31.6 Å². The van der Waals surface area contributed by atoms with Crippen LogP contribution in [0.4, 0.5) is 11.6 Å². The second kappa shape index (κ2) is 6.54. The maximum atomic E-state index is 9.04. The van der Waals surface area contributed by atoms with Gasteiger partial charge in [-0.15, -0.1) is 0 Å². The number of hydrogen-bond donors (Lipinski definition) is 2. The molecule has 5 nitrogen and oxygen atoms in total. The maximum absolute atomic E-state index is 9.04. The summed E-state index contributed by atoms with van der Waals surface area (Å²) < 4.78 is 0. The van der Waals surface area contributed by atoms with E-state index in [-0.39, 0.29) is 12.5 Å². The molecule has 0 aromatic carbocycles. The lowest BCUT2D eigenvalue weighted by atomic mass is 10.2. The lowest BCUT2D eigenvalue weighted by Gasteiger charge is -2.22. The predicted octanol–water partition coefficient (Wildman–Crippen LogP) is 1.77. The Morgan fingerprint density at radius 2 is 2.00 bits per heavy atom. The van der Waals surface area contributed by atoms with Gasteiger partial charge in [0.25, 0.3) is 0 Å². The van der Waals surface area contributed by atoms with E-state index in [1.807, 2.05) is 25.8 Å². The minimum absolute atomic E-state index is 0.119. The molecule has 0 saturated heterocycles. The van der Waals surface area contributed by atoms with Gasteiger partial charge < -0.3 is 15.3 Å². The van der Waals surface area contributed by atoms with Gasteiger partial charge in [0.05, 0.1) is 6.61 Å². The average Bonchev–Trinajstić information content (AvgIpc) is 2.31. The van der Waals surface area contributed by atoms with Crippen molar-refractivity contribution >= 4 is 11.6 Å². The number of rotatable bonds is 6. The van der Waals surface area contributed by atoms with Gasteiger partial charge in [-0.05, 0) is 13.8 Å². The van der Waals surface area contributed by atoms with Gasteiger partial charge in [0.1, 0.15) is 17.5 Å². The largest absolute Gasteiger partial charge is 0.395 e. The number of aromatic nitrogens is 2. The topological polar surface area (TPSA) is 61.3 Å². The van der Waals surface area contributed by atoms with Crippen LogP contribution in [0.15, 0.2) is 0 Å². The molecular weight excluding hydrogens is 228 g/mol. The minimum Gasteiger partial charge on any atom is -0.395 e. The highest BCUT2D eigenvalue weighted by Crippen LogP contribution is 2.25. The number of anilines is 2. The van der Waals surface area contributed by atoms with Crippen molar-refractivity contribution in [3.8, 4) is 0 Å². The quantitative estimate of drug-likeness (QED) is 0.808. The standard InChI is InChI=1S/C13H24N4O/c1-6-14-12-10(4)13(17(5)7-8-18)16-11(15-12)9(2)3/h9,18H,6-8H2,1-5H3,(H,14,15,16). The summed E-state index contributed by atoms with van der Waals surface area (Å²) in [7, 11) is 1.94. The molecule has 0 unspecified atom stereocenters. The van der Waals surface area contributed by atoms with E-state index in [0.717, 1.165) is 29.6 Å². The second-order valence-corrected chi connectivity index (χ2v) is 4.71. The monoisotopic (exact) mass is 252 g/mol. The number of likely N-dealkylation sites (N-methyl/N-ethyl adjacent to an activating group) is 1. The SMILES string of the molecule is CCNc1nc(C(C)C)nc(N(C)CCO)c1C. The minimum atomic E-state index is 0.119. The number of hydrogen-bond acceptors (Lipinski definition) is 5. The fourth-order valence-electron chi connectivity index (χ4n) is 1.75. The molecule has 102 valence electrons. The Morgan fingerprint density at radius 1 is 1.33 bits per heavy atom. The van der Waals surface area contributed by atoms with Gasteiger partial charge in [-0.3, -0.25) is 0 Å². The summed E-state index contributed by atoms with van der Waals surface area (Å²) in [4.78, 5) is 11.1. The highest BCUT2D eigenvalue weighted by Gasteiger charge is 2.15. The Bertz CT molecular complexity index is 393. The molecule has 0 atom stereocenters. The van der Waals surface area contributed by atoms with Crippen LogP contribution in [0.5, 0.6) is 0 Å². The van der Waals surface area contributed by atoms with E-state index in [2.05, 4.69) is 29.1 Å². The zero-order valence-electron chi connectivity index (χ0n) is 12.0. The summed E-state index contributed by atoms with van der Waals surface area (Å²) >= 11 is 0. The predicted molar refractivity (Wildman–Crippen MR) is 75.4 cm³/mol. The first-order chi connectivity index (χ1) is 8.51. The lowest BCUT2D eigenvalue weighted by Crippen LogP contribution is -2.24. The second-order valence-electron chi connectivity index (χ2n) is 4.71. The third-order valence-electron chi connectivity index (χ3n) is 2.80. The molecule has 0 aliphatic heterocycles. The molecule has 1 aromatic rings. The first kappa shape index (κ1) is 14.7. The van der Waals surface area contributed by atoms with Crippen LogP contribution < -0.4 is 10.2 Å². The Kier molecular flexibility index (Phi) is 5.34. The van der Waals surface area contributed by atoms with Crippen molar-refractivity contribution in [2.45, 2.75) is 33.6 Å². The number of aliphatic hydroxyl groups is 1. The van der Waals surface area contributed by atoms with E-state index in [1.54, 1.807) is 0 Å². The van der Waals surface area contributed by atoms with Crippen molar-refractivity contribution in [2.24, 2.45) is 0 Å². The lowest BCUT2D eigenvalue weighted by molar-refractivity contribution is 0.303. The van der Waals surface area contributed by atoms with Crippen LogP contribution in [-0.4, -0.2) is 41.8 Å². The molecule has 5 heteroatoms. The molecule has 0 radical (unpaired) electrons. The molecule has 0 bridgehead atoms. The third-order valence-corrected chi connectivity index (χ3v) is 2.80. The van der Waals surface area contributed by atoms with Gasteiger partial charge in [0.2, 0.25) is 0 Å². The van der Waals surface area contributed by atoms with Gasteiger partial charge in [-0.25, -0.2) is 9.97 Å². The molecule has 1 heterocycles. The van der Waals surface area contributed by atoms with E-state index in [1.165, 1.54) is 0 Å². The first-order valence-electron chi connectivity index (χ1n) is 6.45. The number of aliphatic hydroxyl groups excluding tert-OH is 1. The van der Waals surface area contributed by atoms with E-state index < -0.39 is 0 Å². The maximum Gasteiger partial charge on any atom is 0.137 e. The van der Waals surface area contributed by atoms with Gasteiger partial charge in [0.15, 0.2) is 0 Å². The highest BCUT2D eigenvalue weighted by atomic mass is 16.3. The summed E-state index contributed by atoms with van der Waals surface area (Å²) in [6, 6.07) is 0. The fraction of sp³-hybridized carbons (Fsp3) is 0.692. The highest BCUT2D eigenvalue weighted by molar-refractivity contribution is 5.58. The molecule has 1 rings (SSSR count). The molecule has 2 N–H and O–H groups in total. The zero-order valence-corrected chi connectivity index (χ0v) is 12.0. The Morgan fingerprint density at radius 3 is 2.50 bits per heavy atom. The van der Waals surface area contributed by atoms with E-state index >= 15 is 0 Å². The van der Waals surface area contributed by atoms with Crippen LogP contribution in [0.2, 0.25) is 0 Å². The van der Waals surface area contributed by atoms with Crippen molar-refractivity contribution in [1.29, 1.82) is 0 Å². The van der Waals surface area contributed by atoms with E-state index in [0.29, 0.717) is 6.54 Å². The number of nitrogens with one attached hydrogen (secondary N) is 1. The van der Waals surface area contributed by atoms with Crippen LogP contribution in [0.3, 0.4) is 0 Å². The van der Waals surface area contributed by atoms with Gasteiger partial charge >= 0.3 is 0 Å². The van der Waals surface area contributed by atoms with Crippen molar-refractivity contribution in [3.05, 3.63) is 11.4 Å². The Hall–Kier alpha value is -1.36. The van der Waals surface area contributed by atoms with Crippen LogP contribution in [0, 0.1) is 6.92 Å². The molecule has 0 aliphatic carbocycles. The van der Waals surface area contributed by atoms with E-state index in [4.69, 9.17) is 5.11 Å². The van der Waals surface area contributed by atoms with Crippen LogP contribution in [0.25, 0.3) is 0 Å². The first-order valence-corrected chi connectivity index (χ1v) is 6.45. The van der Waals surface area contributed by atoms with Crippen molar-refractivity contribution < 1.29 is 5.11 Å². The van der Waals surface area contributed by atoms with Crippen molar-refractivity contribution in [2.75, 3.05) is 37.0 Å². The molecular formula is C13H24N4O. The van der Waals surface area contributed by atoms with Crippen molar-refractivity contribution in [1.82, 2.24) is 9.97 Å². The van der Waals surface area contributed by atoms with Crippen LogP contribution in [-0.2, 0) is 0 Å². The van der Waals surface area contributed by atoms with Crippen LogP contribution in [0.1, 0.15) is 38.1 Å². The van der Waals surface area contributed by atoms with Gasteiger partial charge in [-0.1, -0.05) is 13.8 Å². The third kappa shape index (κ3) is 3.32. The summed E-state index contributed by atoms with van der Waals surface area (Å²) in [6.07, 6.45) is 0. The number of nitrogens with zero attached hydrogens (tertiary/aromatic N) is 3. The smallest absolute Gasteiger partial charge is 0.137 e. The normalized spacial score (nSPS) is 10.8. The molecule has 1 aromatic heterocycles. The van der Waals surface area contributed by atoms with Crippen molar-refractivity contribution in [3.63, 3.8) is 0 Å². The molecule has 0 fully saturated rings. The summed E-state index contributed by atoms with van der Waals surface area (Å²) in [5, 5.41) is 12.3. The molecule has 0 amide bonds. The molecule has 0 aliphatic rings. The molecule has 0 saturated carbocycles. The Balaban J connectivity index is 3.21. The fourth-order valence-corrected chi connectivity index (χ4v) is 1.75. The summed E-state index contributed by atoms with van der Waals surface area (Å²) in [6.45, 7) is 9.73. The zero-order chi connectivity index (χ0) is 13.7. The van der Waals surface area contributed by atoms with Gasteiger partial charge in [-0.2, -0.15) is 0 Å². The summed E-state index contributed by atoms with van der Waals surface area (Å²) in [5.74, 6) is 2.88. The average molecular weight is 252 g/mol. The van der Waals surface area contributed by atoms with E-state index in [9.17, 15) is 0 Å². The molecule has 18 heavy (non-hydrogen) atoms. The Labute approximate surface area is 109 Å². The van der Waals surface area contributed by atoms with Crippen LogP contribution >= 0.6 is 0 Å².